The predicted molar refractivity (Wildman–Crippen MR) is 182 cm³/mol. The number of para-hydroxylation sites is 1. The zero-order chi connectivity index (χ0) is 31.3. The molecule has 7 heteroatoms. The summed E-state index contributed by atoms with van der Waals surface area (Å²) in [6.07, 6.45) is 11.8. The fourth-order valence-corrected chi connectivity index (χ4v) is 6.00. The largest absolute Gasteiger partial charge is 0.453 e. The maximum Gasteiger partial charge on any atom is 0.197 e. The van der Waals surface area contributed by atoms with Crippen molar-refractivity contribution in [3.63, 3.8) is 0 Å². The normalized spacial score (nSPS) is 15.5. The van der Waals surface area contributed by atoms with Gasteiger partial charge >= 0.3 is 0 Å². The molecule has 2 heterocycles. The first-order valence-corrected chi connectivity index (χ1v) is 16.6. The van der Waals surface area contributed by atoms with Gasteiger partial charge in [0.15, 0.2) is 11.6 Å². The van der Waals surface area contributed by atoms with Crippen molar-refractivity contribution in [1.82, 2.24) is 15.2 Å². The fraction of sp³-hybridized carbons (Fsp3) is 0.378. The number of allylic oxidation sites excluding steroid dienone is 4. The number of aromatic nitrogens is 1. The third-order valence-corrected chi connectivity index (χ3v) is 9.03. The summed E-state index contributed by atoms with van der Waals surface area (Å²) in [5, 5.41) is 12.9. The van der Waals surface area contributed by atoms with Gasteiger partial charge in [-0.15, -0.1) is 0 Å². The van der Waals surface area contributed by atoms with E-state index in [0.29, 0.717) is 23.0 Å². The Hall–Kier alpha value is -4.02. The number of nitriles is 1. The van der Waals surface area contributed by atoms with E-state index in [4.69, 9.17) is 20.0 Å². The number of benzene rings is 2. The molecule has 1 aliphatic rings. The first-order valence-electron chi connectivity index (χ1n) is 15.8. The molecular formula is C37H45N5OS. The number of aliphatic imine (C=N–C) groups is 1. The number of likely N-dealkylation sites (tertiary alicyclic amines) is 1. The number of nitrogens with zero attached hydrogens (tertiary/aromatic N) is 4. The summed E-state index contributed by atoms with van der Waals surface area (Å²) in [6, 6.07) is 21.5. The molecule has 0 saturated carbocycles. The Labute approximate surface area is 268 Å². The van der Waals surface area contributed by atoms with Crippen LogP contribution in [0.5, 0.6) is 11.5 Å². The second-order valence-corrected chi connectivity index (χ2v) is 12.4. The van der Waals surface area contributed by atoms with Crippen molar-refractivity contribution in [2.75, 3.05) is 13.1 Å². The van der Waals surface area contributed by atoms with Crippen LogP contribution >= 0.6 is 11.8 Å². The zero-order valence-electron chi connectivity index (χ0n) is 26.7. The standard InChI is InChI=1S/C37H45N5OS/c1-6-12-28(5)42-21-19-29(20-22-42)23-31(8-3)40-36(27(4)7-2)41-37-35(43-32-13-10-9-11-14-32)24-34(26-39-37)44-33-17-15-30(25-38)16-18-33/h8-18,24,26-27,29H,6-7,19-23H2,1-5H3,(H,39,40,41)/b28-12+,31-8-. The molecule has 1 unspecified atom stereocenters. The van der Waals surface area contributed by atoms with Gasteiger partial charge in [0.25, 0.3) is 0 Å². The average molecular weight is 608 g/mol. The van der Waals surface area contributed by atoms with E-state index in [0.717, 1.165) is 53.7 Å². The molecule has 230 valence electrons. The lowest BCUT2D eigenvalue weighted by molar-refractivity contribution is 0.224. The summed E-state index contributed by atoms with van der Waals surface area (Å²) in [5.74, 6) is 3.63. The highest BCUT2D eigenvalue weighted by molar-refractivity contribution is 7.99. The summed E-state index contributed by atoms with van der Waals surface area (Å²) in [6.45, 7) is 13.2. The monoisotopic (exact) mass is 607 g/mol. The van der Waals surface area contributed by atoms with Gasteiger partial charge in [0.2, 0.25) is 0 Å². The Morgan fingerprint density at radius 1 is 1.14 bits per heavy atom. The quantitative estimate of drug-likeness (QED) is 0.163. The van der Waals surface area contributed by atoms with Crippen LogP contribution in [0.4, 0.5) is 5.82 Å². The van der Waals surface area contributed by atoms with Crippen LogP contribution in [-0.2, 0) is 0 Å². The SMILES string of the molecule is C/C=C(/CC1CCN(/C(C)=C/CC)CC1)N/C(=N/c1ncc(Sc2ccc(C#N)cc2)cc1Oc1ccccc1)C(C)CC. The van der Waals surface area contributed by atoms with Crippen molar-refractivity contribution < 1.29 is 4.74 Å². The average Bonchev–Trinajstić information content (AvgIpc) is 3.06. The molecule has 44 heavy (non-hydrogen) atoms. The maximum absolute atomic E-state index is 9.14. The lowest BCUT2D eigenvalue weighted by Crippen LogP contribution is -2.34. The second-order valence-electron chi connectivity index (χ2n) is 11.3. The molecule has 6 nitrogen and oxygen atoms in total. The molecule has 3 aromatic rings. The number of hydrogen-bond donors (Lipinski definition) is 1. The molecule has 0 aliphatic carbocycles. The molecule has 0 bridgehead atoms. The molecular weight excluding hydrogens is 563 g/mol. The summed E-state index contributed by atoms with van der Waals surface area (Å²) in [5.41, 5.74) is 3.26. The molecule has 1 N–H and O–H groups in total. The minimum atomic E-state index is 0.215. The third-order valence-electron chi connectivity index (χ3n) is 8.06. The van der Waals surface area contributed by atoms with Gasteiger partial charge in [-0.2, -0.15) is 5.26 Å². The number of nitrogens with one attached hydrogen (secondary N) is 1. The molecule has 1 saturated heterocycles. The van der Waals surface area contributed by atoms with Crippen LogP contribution in [0.15, 0.2) is 105 Å². The van der Waals surface area contributed by atoms with Crippen LogP contribution < -0.4 is 10.1 Å². The Kier molecular flexibility index (Phi) is 12.5. The summed E-state index contributed by atoms with van der Waals surface area (Å²) in [4.78, 5) is 14.4. The first kappa shape index (κ1) is 32.9. The van der Waals surface area contributed by atoms with E-state index < -0.39 is 0 Å². The van der Waals surface area contributed by atoms with Crippen molar-refractivity contribution >= 4 is 23.4 Å². The molecule has 1 fully saturated rings. The van der Waals surface area contributed by atoms with Crippen LogP contribution in [0.25, 0.3) is 0 Å². The number of pyridine rings is 1. The highest BCUT2D eigenvalue weighted by Gasteiger charge is 2.22. The Morgan fingerprint density at radius 2 is 1.86 bits per heavy atom. The molecule has 1 aromatic heterocycles. The maximum atomic E-state index is 9.14. The minimum Gasteiger partial charge on any atom is -0.453 e. The van der Waals surface area contributed by atoms with Gasteiger partial charge in [0.1, 0.15) is 11.6 Å². The van der Waals surface area contributed by atoms with Crippen LogP contribution in [0, 0.1) is 23.2 Å². The summed E-state index contributed by atoms with van der Waals surface area (Å²) in [7, 11) is 0. The van der Waals surface area contributed by atoms with E-state index in [1.807, 2.05) is 66.9 Å². The van der Waals surface area contributed by atoms with Gasteiger partial charge in [-0.05, 0) is 88.3 Å². The Bertz CT molecular complexity index is 1480. The van der Waals surface area contributed by atoms with Crippen molar-refractivity contribution in [3.05, 3.63) is 96.0 Å². The zero-order valence-corrected chi connectivity index (χ0v) is 27.5. The van der Waals surface area contributed by atoms with E-state index >= 15 is 0 Å². The third kappa shape index (κ3) is 9.49. The fourth-order valence-electron chi connectivity index (χ4n) is 5.18. The van der Waals surface area contributed by atoms with Crippen LogP contribution in [0.1, 0.15) is 72.3 Å². The molecule has 0 radical (unpaired) electrons. The van der Waals surface area contributed by atoms with Gasteiger partial charge in [-0.3, -0.25) is 0 Å². The van der Waals surface area contributed by atoms with Gasteiger partial charge in [-0.1, -0.05) is 62.9 Å². The Balaban J connectivity index is 1.56. The number of piperidine rings is 1. The molecule has 0 spiro atoms. The highest BCUT2D eigenvalue weighted by Crippen LogP contribution is 2.37. The van der Waals surface area contributed by atoms with Crippen LogP contribution in [0.3, 0.4) is 0 Å². The topological polar surface area (TPSA) is 73.5 Å². The van der Waals surface area contributed by atoms with Crippen LogP contribution in [-0.4, -0.2) is 28.8 Å². The number of amidine groups is 1. The summed E-state index contributed by atoms with van der Waals surface area (Å²) >= 11 is 1.58. The number of ether oxygens (including phenoxy) is 1. The molecule has 4 rings (SSSR count). The van der Waals surface area contributed by atoms with Crippen molar-refractivity contribution in [2.24, 2.45) is 16.8 Å². The molecule has 2 aromatic carbocycles. The number of rotatable bonds is 12. The first-order chi connectivity index (χ1) is 21.4. The molecule has 0 amide bonds. The van der Waals surface area contributed by atoms with E-state index in [-0.39, 0.29) is 5.92 Å². The number of hydrogen-bond acceptors (Lipinski definition) is 6. The van der Waals surface area contributed by atoms with Crippen molar-refractivity contribution in [1.29, 1.82) is 5.26 Å². The van der Waals surface area contributed by atoms with Gasteiger partial charge in [0, 0.05) is 52.5 Å². The minimum absolute atomic E-state index is 0.215. The van der Waals surface area contributed by atoms with Crippen LogP contribution in [0.2, 0.25) is 0 Å². The van der Waals surface area contributed by atoms with E-state index in [9.17, 15) is 0 Å². The van der Waals surface area contributed by atoms with E-state index in [1.165, 1.54) is 24.2 Å². The van der Waals surface area contributed by atoms with Crippen molar-refractivity contribution in [3.8, 4) is 17.6 Å². The second kappa shape index (κ2) is 16.7. The lowest BCUT2D eigenvalue weighted by Gasteiger charge is -2.34. The smallest absolute Gasteiger partial charge is 0.197 e. The predicted octanol–water partition coefficient (Wildman–Crippen LogP) is 9.88. The van der Waals surface area contributed by atoms with Gasteiger partial charge < -0.3 is 15.0 Å². The van der Waals surface area contributed by atoms with Crippen molar-refractivity contribution in [2.45, 2.75) is 76.5 Å². The summed E-state index contributed by atoms with van der Waals surface area (Å²) < 4.78 is 6.36. The van der Waals surface area contributed by atoms with Gasteiger partial charge in [0.05, 0.1) is 11.6 Å². The molecule has 1 atom stereocenters. The molecule has 1 aliphatic heterocycles. The van der Waals surface area contributed by atoms with Gasteiger partial charge in [-0.25, -0.2) is 9.98 Å². The lowest BCUT2D eigenvalue weighted by atomic mass is 9.91. The highest BCUT2D eigenvalue weighted by atomic mass is 32.2. The Morgan fingerprint density at radius 3 is 2.50 bits per heavy atom. The van der Waals surface area contributed by atoms with E-state index in [2.05, 4.69) is 63.1 Å². The van der Waals surface area contributed by atoms with E-state index in [1.54, 1.807) is 11.8 Å².